The van der Waals surface area contributed by atoms with Crippen LogP contribution in [-0.2, 0) is 9.53 Å². The van der Waals surface area contributed by atoms with Gasteiger partial charge in [-0.3, -0.25) is 4.79 Å². The van der Waals surface area contributed by atoms with Crippen LogP contribution in [0.15, 0.2) is 12.1 Å². The number of hydrogen-bond donors (Lipinski definition) is 1. The first-order valence-corrected chi connectivity index (χ1v) is 9.26. The Kier molecular flexibility index (Phi) is 4.62. The summed E-state index contributed by atoms with van der Waals surface area (Å²) in [4.78, 5) is 25.5. The molecule has 1 aliphatic heterocycles. The lowest BCUT2D eigenvalue weighted by molar-refractivity contribution is -0.940. The lowest BCUT2D eigenvalue weighted by Crippen LogP contribution is -2.60. The monoisotopic (exact) mass is 345 g/mol. The largest absolute Gasteiger partial charge is 0.465 e. The Morgan fingerprint density at radius 1 is 1.20 bits per heavy atom. The van der Waals surface area contributed by atoms with Crippen molar-refractivity contribution < 1.29 is 18.8 Å². The number of benzene rings is 1. The zero-order chi connectivity index (χ0) is 18.2. The first-order chi connectivity index (χ1) is 11.9. The molecule has 2 fully saturated rings. The van der Waals surface area contributed by atoms with Gasteiger partial charge in [-0.15, -0.1) is 0 Å². The van der Waals surface area contributed by atoms with Gasteiger partial charge in [0.15, 0.2) is 5.54 Å². The molecule has 0 bridgehead atoms. The molecule has 1 heterocycles. The number of nitrogens with one attached hydrogen (secondary N) is 1. The van der Waals surface area contributed by atoms with Gasteiger partial charge in [-0.2, -0.15) is 0 Å². The number of rotatable bonds is 5. The van der Waals surface area contributed by atoms with Gasteiger partial charge in [-0.05, 0) is 38.0 Å². The summed E-state index contributed by atoms with van der Waals surface area (Å²) in [6, 6.07) is 3.77. The number of carbonyl (C=O) groups excluding carboxylic acids is 2. The van der Waals surface area contributed by atoms with E-state index in [4.69, 9.17) is 4.74 Å². The molecule has 1 aromatic carbocycles. The molecule has 136 valence electrons. The summed E-state index contributed by atoms with van der Waals surface area (Å²) in [7, 11) is 1.37. The number of anilines is 1. The van der Waals surface area contributed by atoms with Crippen molar-refractivity contribution >= 4 is 17.6 Å². The van der Waals surface area contributed by atoms with Gasteiger partial charge in [0.05, 0.1) is 38.0 Å². The molecule has 25 heavy (non-hydrogen) atoms. The highest BCUT2D eigenvalue weighted by Gasteiger charge is 2.65. The quantitative estimate of drug-likeness (QED) is 0.659. The number of methoxy groups -OCH3 is 1. The molecule has 0 unspecified atom stereocenters. The van der Waals surface area contributed by atoms with Crippen LogP contribution in [-0.4, -0.2) is 48.6 Å². The van der Waals surface area contributed by atoms with Crippen LogP contribution in [0.25, 0.3) is 0 Å². The zero-order valence-corrected chi connectivity index (χ0v) is 15.8. The Morgan fingerprint density at radius 3 is 2.36 bits per heavy atom. The summed E-state index contributed by atoms with van der Waals surface area (Å²) in [6.45, 7) is 9.21. The normalized spacial score (nSPS) is 20.2. The molecule has 0 spiro atoms. The minimum absolute atomic E-state index is 0.0633. The number of amides is 1. The highest BCUT2D eigenvalue weighted by atomic mass is 16.5. The SMILES string of the molecule is CC[N+]1(C2(C(=O)Nc3c(C)cc(C)cc3C(=O)OC)CC2)CCCC1. The molecule has 5 nitrogen and oxygen atoms in total. The number of ether oxygens (including phenoxy) is 1. The number of likely N-dealkylation sites (tertiary alicyclic amines) is 1. The standard InChI is InChI=1S/C20H28N2O3/c1-5-22(10-6-7-11-22)20(8-9-20)19(24)21-17-15(3)12-14(2)13-16(17)18(23)25-4/h12-13H,5-11H2,1-4H3/p+1. The van der Waals surface area contributed by atoms with Crippen molar-refractivity contribution in [1.29, 1.82) is 0 Å². The second kappa shape index (κ2) is 6.45. The summed E-state index contributed by atoms with van der Waals surface area (Å²) in [5.41, 5.74) is 2.61. The number of esters is 1. The van der Waals surface area contributed by atoms with Gasteiger partial charge in [-0.1, -0.05) is 6.07 Å². The third-order valence-corrected chi connectivity index (χ3v) is 6.21. The fraction of sp³-hybridized carbons (Fsp3) is 0.600. The smallest absolute Gasteiger partial charge is 0.339 e. The molecule has 1 aliphatic carbocycles. The molecule has 0 atom stereocenters. The Balaban J connectivity index is 1.93. The van der Waals surface area contributed by atoms with E-state index in [0.717, 1.165) is 48.1 Å². The predicted octanol–water partition coefficient (Wildman–Crippen LogP) is 3.19. The summed E-state index contributed by atoms with van der Waals surface area (Å²) in [5, 5.41) is 3.10. The minimum atomic E-state index is -0.410. The van der Waals surface area contributed by atoms with Gasteiger partial charge in [0.25, 0.3) is 5.91 Å². The first-order valence-electron chi connectivity index (χ1n) is 9.26. The van der Waals surface area contributed by atoms with Crippen molar-refractivity contribution in [2.24, 2.45) is 0 Å². The van der Waals surface area contributed by atoms with E-state index in [2.05, 4.69) is 12.2 Å². The highest BCUT2D eigenvalue weighted by molar-refractivity contribution is 6.05. The van der Waals surface area contributed by atoms with Crippen LogP contribution in [0.3, 0.4) is 0 Å². The average molecular weight is 345 g/mol. The molecule has 0 aromatic heterocycles. The molecule has 1 saturated carbocycles. The Bertz CT molecular complexity index is 701. The van der Waals surface area contributed by atoms with E-state index in [-0.39, 0.29) is 11.4 Å². The Hall–Kier alpha value is -1.88. The summed E-state index contributed by atoms with van der Waals surface area (Å²) < 4.78 is 5.82. The van der Waals surface area contributed by atoms with E-state index in [0.29, 0.717) is 11.3 Å². The lowest BCUT2D eigenvalue weighted by Gasteiger charge is -2.40. The molecule has 1 aromatic rings. The molecule has 5 heteroatoms. The van der Waals surface area contributed by atoms with Crippen LogP contribution in [0.1, 0.15) is 54.1 Å². The lowest BCUT2D eigenvalue weighted by atomic mass is 10.0. The maximum atomic E-state index is 13.3. The van der Waals surface area contributed by atoms with E-state index in [1.165, 1.54) is 20.0 Å². The molecule has 0 radical (unpaired) electrons. The summed E-state index contributed by atoms with van der Waals surface area (Å²) in [5.74, 6) is -0.346. The third kappa shape index (κ3) is 2.84. The van der Waals surface area contributed by atoms with Gasteiger partial charge in [0.1, 0.15) is 0 Å². The van der Waals surface area contributed by atoms with Gasteiger partial charge in [0, 0.05) is 25.7 Å². The fourth-order valence-corrected chi connectivity index (χ4v) is 4.66. The van der Waals surface area contributed by atoms with E-state index >= 15 is 0 Å². The summed E-state index contributed by atoms with van der Waals surface area (Å²) in [6.07, 6.45) is 4.26. The van der Waals surface area contributed by atoms with Crippen molar-refractivity contribution in [3.05, 3.63) is 28.8 Å². The predicted molar refractivity (Wildman–Crippen MR) is 97.6 cm³/mol. The van der Waals surface area contributed by atoms with E-state index < -0.39 is 5.97 Å². The van der Waals surface area contributed by atoms with Gasteiger partial charge in [0.2, 0.25) is 0 Å². The van der Waals surface area contributed by atoms with Crippen LogP contribution in [0, 0.1) is 13.8 Å². The second-order valence-corrected chi connectivity index (χ2v) is 7.60. The number of carbonyl (C=O) groups is 2. The van der Waals surface area contributed by atoms with Crippen LogP contribution in [0.5, 0.6) is 0 Å². The Labute approximate surface area is 149 Å². The maximum Gasteiger partial charge on any atom is 0.339 e. The molecule has 2 aliphatic rings. The molecule has 1 amide bonds. The molecule has 3 rings (SSSR count). The van der Waals surface area contributed by atoms with Gasteiger partial charge >= 0.3 is 5.97 Å². The van der Waals surface area contributed by atoms with Gasteiger partial charge in [-0.25, -0.2) is 4.79 Å². The summed E-state index contributed by atoms with van der Waals surface area (Å²) >= 11 is 0. The topological polar surface area (TPSA) is 55.4 Å². The van der Waals surface area contributed by atoms with Crippen molar-refractivity contribution in [1.82, 2.24) is 0 Å². The Morgan fingerprint density at radius 2 is 1.84 bits per heavy atom. The van der Waals surface area contributed by atoms with Crippen LogP contribution in [0.4, 0.5) is 5.69 Å². The van der Waals surface area contributed by atoms with E-state index in [1.807, 2.05) is 19.9 Å². The highest BCUT2D eigenvalue weighted by Crippen LogP contribution is 2.50. The van der Waals surface area contributed by atoms with Crippen molar-refractivity contribution in [3.8, 4) is 0 Å². The molecule has 1 saturated heterocycles. The van der Waals surface area contributed by atoms with Crippen LogP contribution in [0.2, 0.25) is 0 Å². The molecular formula is C20H29N2O3+. The number of quaternary nitrogens is 1. The van der Waals surface area contributed by atoms with Crippen molar-refractivity contribution in [3.63, 3.8) is 0 Å². The fourth-order valence-electron chi connectivity index (χ4n) is 4.66. The third-order valence-electron chi connectivity index (χ3n) is 6.21. The van der Waals surface area contributed by atoms with Crippen LogP contribution >= 0.6 is 0 Å². The van der Waals surface area contributed by atoms with Gasteiger partial charge < -0.3 is 14.5 Å². The van der Waals surface area contributed by atoms with E-state index in [1.54, 1.807) is 6.07 Å². The van der Waals surface area contributed by atoms with Crippen molar-refractivity contribution in [2.75, 3.05) is 32.1 Å². The van der Waals surface area contributed by atoms with Crippen molar-refractivity contribution in [2.45, 2.75) is 52.0 Å². The average Bonchev–Trinajstić information content (AvgIpc) is 3.28. The minimum Gasteiger partial charge on any atom is -0.465 e. The molecular weight excluding hydrogens is 316 g/mol. The number of aryl methyl sites for hydroxylation is 2. The first kappa shape index (κ1) is 17.9. The second-order valence-electron chi connectivity index (χ2n) is 7.60. The maximum absolute atomic E-state index is 13.3. The number of nitrogens with zero attached hydrogens (tertiary/aromatic N) is 1. The van der Waals surface area contributed by atoms with Crippen LogP contribution < -0.4 is 5.32 Å². The zero-order valence-electron chi connectivity index (χ0n) is 15.8. The molecule has 1 N–H and O–H groups in total. The number of likely N-dealkylation sites (N-methyl/N-ethyl adjacent to an activating group) is 1. The number of hydrogen-bond acceptors (Lipinski definition) is 3. The van der Waals surface area contributed by atoms with E-state index in [9.17, 15) is 9.59 Å².